The maximum Gasteiger partial charge on any atom is 0.416 e. The van der Waals surface area contributed by atoms with Gasteiger partial charge < -0.3 is 4.90 Å². The minimum absolute atomic E-state index is 0.182. The second-order valence-electron chi connectivity index (χ2n) is 7.88. The summed E-state index contributed by atoms with van der Waals surface area (Å²) in [7, 11) is 1.69. The van der Waals surface area contributed by atoms with Crippen molar-refractivity contribution in [2.75, 3.05) is 11.9 Å². The Morgan fingerprint density at radius 1 is 0.848 bits per heavy atom. The van der Waals surface area contributed by atoms with Crippen LogP contribution < -0.4 is 4.90 Å². The number of nitrogens with zero attached hydrogens (tertiary/aromatic N) is 2. The molecule has 0 aromatic heterocycles. The van der Waals surface area contributed by atoms with Gasteiger partial charge in [-0.3, -0.25) is 14.5 Å². The molecule has 2 amide bonds. The minimum atomic E-state index is -4.51. The lowest BCUT2D eigenvalue weighted by Gasteiger charge is -2.21. The molecule has 0 fully saturated rings. The molecular weight excluding hydrogens is 429 g/mol. The van der Waals surface area contributed by atoms with Gasteiger partial charge in [0.05, 0.1) is 17.7 Å². The molecule has 4 rings (SSSR count). The van der Waals surface area contributed by atoms with Crippen molar-refractivity contribution >= 4 is 23.1 Å². The predicted molar refractivity (Wildman–Crippen MR) is 120 cm³/mol. The lowest BCUT2D eigenvalue weighted by atomic mass is 10.0. The second kappa shape index (κ2) is 8.58. The van der Waals surface area contributed by atoms with Gasteiger partial charge in [0.2, 0.25) is 0 Å². The van der Waals surface area contributed by atoms with Gasteiger partial charge in [0.15, 0.2) is 0 Å². The summed E-state index contributed by atoms with van der Waals surface area (Å²) in [4.78, 5) is 29.5. The van der Waals surface area contributed by atoms with Gasteiger partial charge in [-0.1, -0.05) is 60.2 Å². The Balaban J connectivity index is 1.76. The minimum Gasteiger partial charge on any atom is -0.339 e. The molecule has 33 heavy (non-hydrogen) atoms. The number of carbonyl (C=O) groups excluding carboxylic acids is 2. The molecule has 1 heterocycles. The highest BCUT2D eigenvalue weighted by Gasteiger charge is 2.41. The number of likely N-dealkylation sites (N-methyl/N-ethyl adjacent to an activating group) is 1. The number of aryl methyl sites for hydroxylation is 1. The number of alkyl halides is 3. The van der Waals surface area contributed by atoms with E-state index >= 15 is 0 Å². The number of imide groups is 1. The normalized spacial score (nSPS) is 14.3. The van der Waals surface area contributed by atoms with Crippen molar-refractivity contribution in [1.82, 2.24) is 4.90 Å². The summed E-state index contributed by atoms with van der Waals surface area (Å²) < 4.78 is 39.4. The zero-order chi connectivity index (χ0) is 23.8. The fraction of sp³-hybridized carbons (Fsp3) is 0.154. The molecule has 0 N–H and O–H groups in total. The Morgan fingerprint density at radius 3 is 2.15 bits per heavy atom. The largest absolute Gasteiger partial charge is 0.416 e. The van der Waals surface area contributed by atoms with Gasteiger partial charge in [-0.25, -0.2) is 0 Å². The first-order valence-corrected chi connectivity index (χ1v) is 10.3. The van der Waals surface area contributed by atoms with Crippen LogP contribution in [0.15, 0.2) is 84.6 Å². The number of hydrogen-bond donors (Lipinski definition) is 0. The smallest absolute Gasteiger partial charge is 0.339 e. The zero-order valence-corrected chi connectivity index (χ0v) is 18.1. The molecule has 7 heteroatoms. The highest BCUT2D eigenvalue weighted by atomic mass is 19.4. The molecule has 0 saturated heterocycles. The summed E-state index contributed by atoms with van der Waals surface area (Å²) >= 11 is 0. The topological polar surface area (TPSA) is 40.6 Å². The number of para-hydroxylation sites is 1. The third-order valence-corrected chi connectivity index (χ3v) is 5.56. The Morgan fingerprint density at radius 2 is 1.52 bits per heavy atom. The van der Waals surface area contributed by atoms with Crippen LogP contribution in [0.5, 0.6) is 0 Å². The molecule has 0 atom stereocenters. The number of amides is 2. The fourth-order valence-electron chi connectivity index (χ4n) is 3.81. The van der Waals surface area contributed by atoms with E-state index in [2.05, 4.69) is 0 Å². The summed E-state index contributed by atoms with van der Waals surface area (Å²) in [5.74, 6) is -1.10. The molecule has 1 aliphatic heterocycles. The number of hydrogen-bond acceptors (Lipinski definition) is 3. The third-order valence-electron chi connectivity index (χ3n) is 5.56. The van der Waals surface area contributed by atoms with E-state index in [1.54, 1.807) is 24.1 Å². The van der Waals surface area contributed by atoms with Crippen LogP contribution in [-0.4, -0.2) is 23.8 Å². The summed E-state index contributed by atoms with van der Waals surface area (Å²) in [6.45, 7) is 1.65. The highest BCUT2D eigenvalue weighted by Crippen LogP contribution is 2.35. The van der Waals surface area contributed by atoms with E-state index in [9.17, 15) is 22.8 Å². The molecule has 3 aromatic carbocycles. The molecule has 1 aliphatic rings. The first kappa shape index (κ1) is 22.3. The predicted octanol–water partition coefficient (Wildman–Crippen LogP) is 5.43. The van der Waals surface area contributed by atoms with Gasteiger partial charge >= 0.3 is 6.18 Å². The van der Waals surface area contributed by atoms with Crippen LogP contribution in [-0.2, 0) is 22.3 Å². The molecule has 0 unspecified atom stereocenters. The molecule has 0 saturated carbocycles. The molecule has 168 valence electrons. The average Bonchev–Trinajstić information content (AvgIpc) is 3.04. The highest BCUT2D eigenvalue weighted by molar-refractivity contribution is 6.36. The van der Waals surface area contributed by atoms with Crippen molar-refractivity contribution in [1.29, 1.82) is 0 Å². The fourth-order valence-corrected chi connectivity index (χ4v) is 3.81. The number of rotatable bonds is 5. The Labute approximate surface area is 189 Å². The molecule has 4 nitrogen and oxygen atoms in total. The SMILES string of the molecule is Cc1ccc(C2=C(N(C)c3ccccc3)C(=O)N(Cc3cccc(C(F)(F)F)c3)C2=O)cc1. The lowest BCUT2D eigenvalue weighted by Crippen LogP contribution is -2.33. The first-order chi connectivity index (χ1) is 15.7. The van der Waals surface area contributed by atoms with Crippen LogP contribution >= 0.6 is 0 Å². The quantitative estimate of drug-likeness (QED) is 0.487. The summed E-state index contributed by atoms with van der Waals surface area (Å²) in [6.07, 6.45) is -4.51. The summed E-state index contributed by atoms with van der Waals surface area (Å²) in [5.41, 5.74) is 2.07. The Kier molecular flexibility index (Phi) is 5.80. The number of carbonyl (C=O) groups is 2. The van der Waals surface area contributed by atoms with Crippen molar-refractivity contribution in [3.05, 3.63) is 107 Å². The van der Waals surface area contributed by atoms with E-state index in [-0.39, 0.29) is 23.4 Å². The van der Waals surface area contributed by atoms with Crippen LogP contribution in [0, 0.1) is 6.92 Å². The van der Waals surface area contributed by atoms with Crippen molar-refractivity contribution in [2.45, 2.75) is 19.6 Å². The second-order valence-corrected chi connectivity index (χ2v) is 7.88. The molecule has 3 aromatic rings. The third kappa shape index (κ3) is 4.39. The zero-order valence-electron chi connectivity index (χ0n) is 18.1. The summed E-state index contributed by atoms with van der Waals surface area (Å²) in [6, 6.07) is 21.0. The maximum atomic E-state index is 13.5. The Hall–Kier alpha value is -3.87. The van der Waals surface area contributed by atoms with Gasteiger partial charge in [-0.15, -0.1) is 0 Å². The van der Waals surface area contributed by atoms with Crippen molar-refractivity contribution in [3.8, 4) is 0 Å². The van der Waals surface area contributed by atoms with E-state index in [4.69, 9.17) is 0 Å². The molecular formula is C26H21F3N2O2. The average molecular weight is 450 g/mol. The van der Waals surface area contributed by atoms with Crippen molar-refractivity contribution < 1.29 is 22.8 Å². The summed E-state index contributed by atoms with van der Waals surface area (Å²) in [5, 5.41) is 0. The number of halogens is 3. The van der Waals surface area contributed by atoms with E-state index in [0.29, 0.717) is 11.3 Å². The van der Waals surface area contributed by atoms with Crippen LogP contribution in [0.3, 0.4) is 0 Å². The van der Waals surface area contributed by atoms with Crippen LogP contribution in [0.25, 0.3) is 5.57 Å². The molecule has 0 radical (unpaired) electrons. The number of benzene rings is 3. The monoisotopic (exact) mass is 450 g/mol. The van der Waals surface area contributed by atoms with Gasteiger partial charge in [0.25, 0.3) is 11.8 Å². The molecule has 0 bridgehead atoms. The standard InChI is InChI=1S/C26H21F3N2O2/c1-17-11-13-19(14-12-17)22-23(30(2)21-9-4-3-5-10-21)25(33)31(24(22)32)16-18-7-6-8-20(15-18)26(27,28)29/h3-15H,16H2,1-2H3. The van der Waals surface area contributed by atoms with E-state index in [0.717, 1.165) is 22.6 Å². The number of anilines is 1. The van der Waals surface area contributed by atoms with Gasteiger partial charge in [0, 0.05) is 12.7 Å². The van der Waals surface area contributed by atoms with Crippen molar-refractivity contribution in [2.24, 2.45) is 0 Å². The van der Waals surface area contributed by atoms with Gasteiger partial charge in [0.1, 0.15) is 5.70 Å². The van der Waals surface area contributed by atoms with E-state index < -0.39 is 23.6 Å². The Bertz CT molecular complexity index is 1230. The van der Waals surface area contributed by atoms with E-state index in [1.807, 2.05) is 49.4 Å². The van der Waals surface area contributed by atoms with E-state index in [1.165, 1.54) is 12.1 Å². The maximum absolute atomic E-state index is 13.5. The first-order valence-electron chi connectivity index (χ1n) is 10.3. The van der Waals surface area contributed by atoms with Gasteiger partial charge in [-0.2, -0.15) is 13.2 Å². The molecule has 0 spiro atoms. The van der Waals surface area contributed by atoms with Crippen LogP contribution in [0.4, 0.5) is 18.9 Å². The van der Waals surface area contributed by atoms with Gasteiger partial charge in [-0.05, 0) is 42.3 Å². The van der Waals surface area contributed by atoms with Crippen molar-refractivity contribution in [3.63, 3.8) is 0 Å². The van der Waals surface area contributed by atoms with Crippen LogP contribution in [0.2, 0.25) is 0 Å². The molecule has 0 aliphatic carbocycles. The lowest BCUT2D eigenvalue weighted by molar-refractivity contribution is -0.137. The van der Waals surface area contributed by atoms with Crippen LogP contribution in [0.1, 0.15) is 22.3 Å².